The second-order valence-electron chi connectivity index (χ2n) is 6.60. The van der Waals surface area contributed by atoms with Crippen molar-refractivity contribution in [1.82, 2.24) is 4.90 Å². The molecule has 4 rings (SSSR count). The van der Waals surface area contributed by atoms with Crippen LogP contribution >= 0.6 is 0 Å². The highest BCUT2D eigenvalue weighted by molar-refractivity contribution is 5.93. The van der Waals surface area contributed by atoms with Gasteiger partial charge in [-0.25, -0.2) is 0 Å². The van der Waals surface area contributed by atoms with Gasteiger partial charge in [-0.2, -0.15) is 0 Å². The number of likely N-dealkylation sites (tertiary alicyclic amines) is 1. The third-order valence-electron chi connectivity index (χ3n) is 4.98. The molecular weight excluding hydrogens is 294 g/mol. The highest BCUT2D eigenvalue weighted by Gasteiger charge is 2.40. The summed E-state index contributed by atoms with van der Waals surface area (Å²) in [6.07, 6.45) is 3.06. The molecule has 1 atom stereocenters. The fourth-order valence-electron chi connectivity index (χ4n) is 3.72. The van der Waals surface area contributed by atoms with Crippen LogP contribution in [0.3, 0.4) is 0 Å². The summed E-state index contributed by atoms with van der Waals surface area (Å²) in [7, 11) is 0. The maximum atomic E-state index is 12.8. The third-order valence-corrected chi connectivity index (χ3v) is 4.98. The van der Waals surface area contributed by atoms with Crippen LogP contribution < -0.4 is 5.43 Å². The molecule has 120 valence electrons. The first kappa shape index (κ1) is 14.5. The molecule has 0 bridgehead atoms. The average Bonchev–Trinajstić information content (AvgIpc) is 3.02. The van der Waals surface area contributed by atoms with Gasteiger partial charge in [0.25, 0.3) is 5.91 Å². The summed E-state index contributed by atoms with van der Waals surface area (Å²) in [6, 6.07) is 8.33. The number of amides is 1. The van der Waals surface area contributed by atoms with Crippen molar-refractivity contribution in [2.75, 3.05) is 26.3 Å². The summed E-state index contributed by atoms with van der Waals surface area (Å²) in [4.78, 5) is 26.8. The van der Waals surface area contributed by atoms with Gasteiger partial charge in [0.1, 0.15) is 5.58 Å². The summed E-state index contributed by atoms with van der Waals surface area (Å²) in [6.45, 7) is 2.88. The van der Waals surface area contributed by atoms with Crippen molar-refractivity contribution in [2.24, 2.45) is 5.41 Å². The van der Waals surface area contributed by atoms with Crippen LogP contribution in [0.1, 0.15) is 29.8 Å². The van der Waals surface area contributed by atoms with Crippen molar-refractivity contribution >= 4 is 16.9 Å². The molecule has 1 amide bonds. The van der Waals surface area contributed by atoms with Crippen LogP contribution in [0.2, 0.25) is 0 Å². The number of piperidine rings is 1. The van der Waals surface area contributed by atoms with Gasteiger partial charge in [0.15, 0.2) is 11.2 Å². The Bertz CT molecular complexity index is 804. The Kier molecular flexibility index (Phi) is 3.45. The fraction of sp³-hybridized carbons (Fsp3) is 0.444. The molecular formula is C18H19NO4. The van der Waals surface area contributed by atoms with Crippen LogP contribution in [0.15, 0.2) is 39.5 Å². The monoisotopic (exact) mass is 313 g/mol. The molecule has 0 radical (unpaired) electrons. The van der Waals surface area contributed by atoms with E-state index in [9.17, 15) is 9.59 Å². The van der Waals surface area contributed by atoms with Crippen LogP contribution in [0.5, 0.6) is 0 Å². The second-order valence-corrected chi connectivity index (χ2v) is 6.60. The van der Waals surface area contributed by atoms with E-state index < -0.39 is 0 Å². The van der Waals surface area contributed by atoms with Crippen molar-refractivity contribution in [3.05, 3.63) is 46.3 Å². The van der Waals surface area contributed by atoms with Crippen molar-refractivity contribution in [3.63, 3.8) is 0 Å². The number of para-hydroxylation sites is 1. The molecule has 0 aliphatic carbocycles. The maximum absolute atomic E-state index is 12.8. The molecule has 1 unspecified atom stereocenters. The Morgan fingerprint density at radius 2 is 2.09 bits per heavy atom. The zero-order valence-electron chi connectivity index (χ0n) is 12.9. The number of fused-ring (bicyclic) bond motifs is 1. The van der Waals surface area contributed by atoms with E-state index in [-0.39, 0.29) is 22.5 Å². The molecule has 2 aromatic rings. The molecule has 23 heavy (non-hydrogen) atoms. The standard InChI is InChI=1S/C18H19NO4/c20-14-10-16(23-15-5-2-1-4-13(14)15)17(21)19-8-3-6-18(11-19)7-9-22-12-18/h1-2,4-5,10H,3,6-9,11-12H2. The number of hydrogen-bond acceptors (Lipinski definition) is 4. The summed E-state index contributed by atoms with van der Waals surface area (Å²) in [5.41, 5.74) is 0.371. The summed E-state index contributed by atoms with van der Waals surface area (Å²) >= 11 is 0. The molecule has 1 spiro atoms. The molecule has 5 nitrogen and oxygen atoms in total. The Labute approximate surface area is 133 Å². The van der Waals surface area contributed by atoms with Crippen LogP contribution in [0.4, 0.5) is 0 Å². The molecule has 1 aromatic heterocycles. The number of carbonyl (C=O) groups excluding carboxylic acids is 1. The predicted molar refractivity (Wildman–Crippen MR) is 85.5 cm³/mol. The van der Waals surface area contributed by atoms with Crippen LogP contribution in [-0.4, -0.2) is 37.1 Å². The Morgan fingerprint density at radius 1 is 1.22 bits per heavy atom. The average molecular weight is 313 g/mol. The van der Waals surface area contributed by atoms with E-state index in [4.69, 9.17) is 9.15 Å². The first-order valence-corrected chi connectivity index (χ1v) is 8.07. The van der Waals surface area contributed by atoms with Crippen LogP contribution in [-0.2, 0) is 4.74 Å². The second kappa shape index (κ2) is 5.49. The minimum Gasteiger partial charge on any atom is -0.451 e. The molecule has 2 aliphatic rings. The molecule has 5 heteroatoms. The maximum Gasteiger partial charge on any atom is 0.289 e. The van der Waals surface area contributed by atoms with Gasteiger partial charge in [-0.3, -0.25) is 9.59 Å². The normalized spacial score (nSPS) is 24.4. The largest absolute Gasteiger partial charge is 0.451 e. The van der Waals surface area contributed by atoms with Gasteiger partial charge >= 0.3 is 0 Å². The molecule has 2 fully saturated rings. The van der Waals surface area contributed by atoms with Gasteiger partial charge in [0.2, 0.25) is 0 Å². The quantitative estimate of drug-likeness (QED) is 0.811. The summed E-state index contributed by atoms with van der Waals surface area (Å²) in [5.74, 6) is -0.0662. The fourth-order valence-corrected chi connectivity index (χ4v) is 3.72. The molecule has 1 aromatic carbocycles. The summed E-state index contributed by atoms with van der Waals surface area (Å²) in [5, 5.41) is 0.503. The molecule has 0 N–H and O–H groups in total. The van der Waals surface area contributed by atoms with Crippen LogP contribution in [0, 0.1) is 5.41 Å². The lowest BCUT2D eigenvalue weighted by Gasteiger charge is -2.39. The van der Waals surface area contributed by atoms with Gasteiger partial charge in [-0.1, -0.05) is 12.1 Å². The third kappa shape index (κ3) is 2.55. The van der Waals surface area contributed by atoms with Gasteiger partial charge in [0, 0.05) is 31.2 Å². The zero-order chi connectivity index (χ0) is 15.9. The Hall–Kier alpha value is -2.14. The van der Waals surface area contributed by atoms with Crippen molar-refractivity contribution in [3.8, 4) is 0 Å². The van der Waals surface area contributed by atoms with E-state index in [0.29, 0.717) is 24.1 Å². The van der Waals surface area contributed by atoms with Gasteiger partial charge < -0.3 is 14.1 Å². The van der Waals surface area contributed by atoms with Crippen molar-refractivity contribution < 1.29 is 13.9 Å². The number of rotatable bonds is 1. The lowest BCUT2D eigenvalue weighted by molar-refractivity contribution is 0.0437. The first-order chi connectivity index (χ1) is 11.2. The van der Waals surface area contributed by atoms with E-state index >= 15 is 0 Å². The van der Waals surface area contributed by atoms with E-state index in [0.717, 1.165) is 32.5 Å². The Balaban J connectivity index is 1.65. The molecule has 3 heterocycles. The van der Waals surface area contributed by atoms with E-state index in [1.165, 1.54) is 6.07 Å². The minimum atomic E-state index is -0.196. The number of ether oxygens (including phenoxy) is 1. The lowest BCUT2D eigenvalue weighted by atomic mass is 9.79. The zero-order valence-corrected chi connectivity index (χ0v) is 12.9. The van der Waals surface area contributed by atoms with Gasteiger partial charge in [0.05, 0.1) is 12.0 Å². The van der Waals surface area contributed by atoms with E-state index in [1.54, 1.807) is 24.3 Å². The minimum absolute atomic E-state index is 0.0883. The number of nitrogens with zero attached hydrogens (tertiary/aromatic N) is 1. The molecule has 0 saturated carbocycles. The number of carbonyl (C=O) groups is 1. The SMILES string of the molecule is O=C(c1cc(=O)c2ccccc2o1)N1CCCC2(CCOC2)C1. The van der Waals surface area contributed by atoms with Crippen molar-refractivity contribution in [2.45, 2.75) is 19.3 Å². The van der Waals surface area contributed by atoms with Gasteiger partial charge in [-0.05, 0) is 31.4 Å². The summed E-state index contributed by atoms with van der Waals surface area (Å²) < 4.78 is 11.2. The lowest BCUT2D eigenvalue weighted by Crippen LogP contribution is -2.46. The topological polar surface area (TPSA) is 59.8 Å². The highest BCUT2D eigenvalue weighted by atomic mass is 16.5. The number of hydrogen-bond donors (Lipinski definition) is 0. The van der Waals surface area contributed by atoms with E-state index in [2.05, 4.69) is 0 Å². The molecule has 2 aliphatic heterocycles. The highest BCUT2D eigenvalue weighted by Crippen LogP contribution is 2.38. The van der Waals surface area contributed by atoms with E-state index in [1.807, 2.05) is 4.90 Å². The van der Waals surface area contributed by atoms with Crippen LogP contribution in [0.25, 0.3) is 11.0 Å². The predicted octanol–water partition coefficient (Wildman–Crippen LogP) is 2.44. The molecule has 2 saturated heterocycles. The van der Waals surface area contributed by atoms with Gasteiger partial charge in [-0.15, -0.1) is 0 Å². The smallest absolute Gasteiger partial charge is 0.289 e. The Morgan fingerprint density at radius 3 is 2.91 bits per heavy atom. The number of benzene rings is 1. The van der Waals surface area contributed by atoms with Crippen molar-refractivity contribution in [1.29, 1.82) is 0 Å². The first-order valence-electron chi connectivity index (χ1n) is 8.07.